The maximum absolute atomic E-state index is 13.9. The molecule has 0 amide bonds. The third-order valence-electron chi connectivity index (χ3n) is 3.77. The van der Waals surface area contributed by atoms with Gasteiger partial charge in [0.25, 0.3) is 0 Å². The molecule has 0 fully saturated rings. The van der Waals surface area contributed by atoms with Gasteiger partial charge < -0.3 is 4.74 Å². The van der Waals surface area contributed by atoms with Gasteiger partial charge in [-0.1, -0.05) is 19.1 Å². The molecule has 0 bridgehead atoms. The van der Waals surface area contributed by atoms with Gasteiger partial charge in [0, 0.05) is 18.9 Å². The molecule has 2 rings (SSSR count). The van der Waals surface area contributed by atoms with Crippen LogP contribution in [0.1, 0.15) is 24.1 Å². The molecule has 1 heterocycles. The van der Waals surface area contributed by atoms with Crippen LogP contribution in [0.25, 0.3) is 0 Å². The Balaban J connectivity index is 2.62. The first-order valence-electron chi connectivity index (χ1n) is 7.72. The van der Waals surface area contributed by atoms with Gasteiger partial charge in [0.15, 0.2) is 0 Å². The van der Waals surface area contributed by atoms with Crippen molar-refractivity contribution in [3.63, 3.8) is 0 Å². The third-order valence-corrected chi connectivity index (χ3v) is 5.67. The quantitative estimate of drug-likeness (QED) is 0.744. The molecule has 1 aromatic heterocycles. The Kier molecular flexibility index (Phi) is 6.08. The Hall–Kier alpha value is -2.64. The average molecular weight is 399 g/mol. The molecule has 0 saturated carbocycles. The van der Waals surface area contributed by atoms with E-state index in [9.17, 15) is 21.6 Å². The van der Waals surface area contributed by atoms with Crippen molar-refractivity contribution in [3.05, 3.63) is 53.9 Å². The molecular formula is C17H16F3N3O3S. The second kappa shape index (κ2) is 7.94. The van der Waals surface area contributed by atoms with E-state index >= 15 is 0 Å². The van der Waals surface area contributed by atoms with E-state index in [1.807, 2.05) is 0 Å². The summed E-state index contributed by atoms with van der Waals surface area (Å²) in [6, 6.07) is 5.42. The zero-order chi connectivity index (χ0) is 20.2. The number of sulfonamides is 1. The number of alkyl halides is 3. The number of halogens is 3. The summed E-state index contributed by atoms with van der Waals surface area (Å²) in [5, 5.41) is 8.91. The second-order valence-electron chi connectivity index (χ2n) is 5.45. The Morgan fingerprint density at radius 3 is 2.56 bits per heavy atom. The lowest BCUT2D eigenvalue weighted by Crippen LogP contribution is -2.42. The molecule has 0 spiro atoms. The summed E-state index contributed by atoms with van der Waals surface area (Å²) in [4.78, 5) is 3.14. The number of hydrogen-bond acceptors (Lipinski definition) is 5. The van der Waals surface area contributed by atoms with Gasteiger partial charge in [-0.25, -0.2) is 8.42 Å². The molecule has 0 N–H and O–H groups in total. The van der Waals surface area contributed by atoms with Crippen LogP contribution in [0.5, 0.6) is 5.75 Å². The number of rotatable bonds is 6. The summed E-state index contributed by atoms with van der Waals surface area (Å²) in [6.45, 7) is 0.860. The van der Waals surface area contributed by atoms with E-state index in [2.05, 4.69) is 4.98 Å². The van der Waals surface area contributed by atoms with Crippen LogP contribution in [0.2, 0.25) is 0 Å². The minimum atomic E-state index is -4.88. The zero-order valence-corrected chi connectivity index (χ0v) is 15.3. The minimum absolute atomic E-state index is 0.0722. The number of benzene rings is 1. The number of nitrogens with zero attached hydrogens (tertiary/aromatic N) is 3. The Labute approximate surface area is 154 Å². The number of nitriles is 1. The lowest BCUT2D eigenvalue weighted by Gasteiger charge is -2.31. The smallest absolute Gasteiger partial charge is 0.409 e. The van der Waals surface area contributed by atoms with Crippen LogP contribution in [0.15, 0.2) is 47.6 Å². The van der Waals surface area contributed by atoms with Crippen LogP contribution in [0.4, 0.5) is 13.2 Å². The predicted octanol–water partition coefficient (Wildman–Crippen LogP) is 3.28. The molecule has 0 saturated heterocycles. The van der Waals surface area contributed by atoms with Gasteiger partial charge in [-0.2, -0.15) is 22.7 Å². The first kappa shape index (κ1) is 20.7. The highest BCUT2D eigenvalue weighted by atomic mass is 32.2. The fraction of sp³-hybridized carbons (Fsp3) is 0.294. The van der Waals surface area contributed by atoms with Crippen molar-refractivity contribution in [1.29, 1.82) is 5.26 Å². The molecule has 0 radical (unpaired) electrons. The fourth-order valence-electron chi connectivity index (χ4n) is 2.58. The normalized spacial score (nSPS) is 13.2. The Bertz CT molecular complexity index is 956. The van der Waals surface area contributed by atoms with Crippen molar-refractivity contribution in [1.82, 2.24) is 9.29 Å². The molecule has 1 unspecified atom stereocenters. The molecule has 0 aliphatic carbocycles. The van der Waals surface area contributed by atoms with E-state index in [4.69, 9.17) is 10.00 Å². The van der Waals surface area contributed by atoms with Crippen molar-refractivity contribution in [3.8, 4) is 11.8 Å². The van der Waals surface area contributed by atoms with E-state index in [1.165, 1.54) is 32.2 Å². The largest absolute Gasteiger partial charge is 0.497 e. The first-order valence-corrected chi connectivity index (χ1v) is 9.16. The van der Waals surface area contributed by atoms with Crippen molar-refractivity contribution in [2.45, 2.75) is 24.0 Å². The van der Waals surface area contributed by atoms with Crippen LogP contribution in [-0.2, 0) is 10.0 Å². The van der Waals surface area contributed by atoms with Gasteiger partial charge in [-0.3, -0.25) is 4.98 Å². The third kappa shape index (κ3) is 4.37. The highest BCUT2D eigenvalue weighted by Crippen LogP contribution is 2.41. The maximum atomic E-state index is 13.9. The second-order valence-corrected chi connectivity index (χ2v) is 7.34. The van der Waals surface area contributed by atoms with Crippen LogP contribution in [0.3, 0.4) is 0 Å². The molecule has 0 aliphatic heterocycles. The lowest BCUT2D eigenvalue weighted by atomic mass is 10.1. The standard InChI is InChI=1S/C17H16F3N3O3S/c1-3-23(27(24,25)15-7-12(9-21)10-22-11-15)16(17(18,19)20)13-5-4-6-14(8-13)26-2/h4-8,10-11,16H,3H2,1-2H3. The van der Waals surface area contributed by atoms with Crippen molar-refractivity contribution in [2.24, 2.45) is 0 Å². The topological polar surface area (TPSA) is 83.3 Å². The fourth-order valence-corrected chi connectivity index (χ4v) is 4.18. The number of methoxy groups -OCH3 is 1. The zero-order valence-electron chi connectivity index (χ0n) is 14.4. The maximum Gasteiger partial charge on any atom is 0.409 e. The van der Waals surface area contributed by atoms with Crippen molar-refractivity contribution in [2.75, 3.05) is 13.7 Å². The summed E-state index contributed by atoms with van der Waals surface area (Å²) in [7, 11) is -3.27. The summed E-state index contributed by atoms with van der Waals surface area (Å²) in [5.74, 6) is 0.170. The van der Waals surface area contributed by atoms with Crippen molar-refractivity contribution >= 4 is 10.0 Å². The molecule has 6 nitrogen and oxygen atoms in total. The minimum Gasteiger partial charge on any atom is -0.497 e. The SMILES string of the molecule is CCN(C(c1cccc(OC)c1)C(F)(F)F)S(=O)(=O)c1cncc(C#N)c1. The molecular weight excluding hydrogens is 383 g/mol. The lowest BCUT2D eigenvalue weighted by molar-refractivity contribution is -0.173. The number of ether oxygens (including phenoxy) is 1. The van der Waals surface area contributed by atoms with E-state index in [-0.39, 0.29) is 16.9 Å². The summed E-state index contributed by atoms with van der Waals surface area (Å²) < 4.78 is 72.6. The monoisotopic (exact) mass is 399 g/mol. The number of hydrogen-bond donors (Lipinski definition) is 0. The van der Waals surface area contributed by atoms with E-state index in [1.54, 1.807) is 6.07 Å². The van der Waals surface area contributed by atoms with Crippen LogP contribution >= 0.6 is 0 Å². The van der Waals surface area contributed by atoms with Crippen LogP contribution in [-0.4, -0.2) is 37.5 Å². The highest BCUT2D eigenvalue weighted by molar-refractivity contribution is 7.89. The van der Waals surface area contributed by atoms with Crippen LogP contribution < -0.4 is 4.74 Å². The van der Waals surface area contributed by atoms with Gasteiger partial charge in [0.2, 0.25) is 10.0 Å². The molecule has 1 aromatic carbocycles. The van der Waals surface area contributed by atoms with Crippen LogP contribution in [0, 0.1) is 11.3 Å². The van der Waals surface area contributed by atoms with Crippen molar-refractivity contribution < 1.29 is 26.3 Å². The average Bonchev–Trinajstić information content (AvgIpc) is 2.64. The molecule has 1 atom stereocenters. The van der Waals surface area contributed by atoms with E-state index in [0.29, 0.717) is 4.31 Å². The van der Waals surface area contributed by atoms with Gasteiger partial charge in [0.05, 0.1) is 12.7 Å². The van der Waals surface area contributed by atoms with E-state index < -0.39 is 33.7 Å². The summed E-state index contributed by atoms with van der Waals surface area (Å²) in [6.07, 6.45) is -2.84. The number of aromatic nitrogens is 1. The first-order chi connectivity index (χ1) is 12.6. The van der Waals surface area contributed by atoms with Gasteiger partial charge >= 0.3 is 6.18 Å². The Morgan fingerprint density at radius 1 is 1.30 bits per heavy atom. The summed E-state index contributed by atoms with van der Waals surface area (Å²) >= 11 is 0. The molecule has 2 aromatic rings. The van der Waals surface area contributed by atoms with Gasteiger partial charge in [-0.05, 0) is 23.8 Å². The molecule has 27 heavy (non-hydrogen) atoms. The molecule has 10 heteroatoms. The predicted molar refractivity (Wildman–Crippen MR) is 90.3 cm³/mol. The molecule has 0 aliphatic rings. The van der Waals surface area contributed by atoms with Gasteiger partial charge in [-0.15, -0.1) is 0 Å². The molecule has 144 valence electrons. The van der Waals surface area contributed by atoms with Gasteiger partial charge in [0.1, 0.15) is 22.8 Å². The van der Waals surface area contributed by atoms with E-state index in [0.717, 1.165) is 24.5 Å². The highest BCUT2D eigenvalue weighted by Gasteiger charge is 2.48. The number of pyridine rings is 1. The Morgan fingerprint density at radius 2 is 2.00 bits per heavy atom. The summed E-state index contributed by atoms with van der Waals surface area (Å²) in [5.41, 5.74) is -0.353.